The van der Waals surface area contributed by atoms with Gasteiger partial charge in [-0.3, -0.25) is 0 Å². The number of hydrogen-bond donors (Lipinski definition) is 3. The van der Waals surface area contributed by atoms with Gasteiger partial charge in [-0.05, 0) is 51.4 Å². The first kappa shape index (κ1) is 16.2. The molecule has 0 bridgehead atoms. The predicted octanol–water partition coefficient (Wildman–Crippen LogP) is 1.62. The number of hydrogen-bond acceptors (Lipinski definition) is 5. The molecule has 4 nitrogen and oxygen atoms in total. The average molecular weight is 258 g/mol. The summed E-state index contributed by atoms with van der Waals surface area (Å²) in [7, 11) is 1.99. The van der Waals surface area contributed by atoms with Gasteiger partial charge in [-0.1, -0.05) is 6.92 Å². The lowest BCUT2D eigenvalue weighted by Gasteiger charge is -2.24. The molecular weight excluding hydrogens is 232 g/mol. The monoisotopic (exact) mass is 258 g/mol. The number of nitrogens with one attached hydrogen (secondary N) is 1. The first-order chi connectivity index (χ1) is 8.04. The van der Waals surface area contributed by atoms with Gasteiger partial charge >= 0.3 is 0 Å². The van der Waals surface area contributed by atoms with Crippen LogP contribution in [0.4, 0.5) is 0 Å². The summed E-state index contributed by atoms with van der Waals surface area (Å²) >= 11 is 1.75. The second-order valence-corrected chi connectivity index (χ2v) is 4.92. The van der Waals surface area contributed by atoms with E-state index in [0.717, 1.165) is 30.2 Å². The molecule has 0 saturated heterocycles. The summed E-state index contributed by atoms with van der Waals surface area (Å²) < 4.78 is 2.08. The molecule has 0 fully saturated rings. The van der Waals surface area contributed by atoms with Gasteiger partial charge in [0, 0.05) is 24.0 Å². The Morgan fingerprint density at radius 3 is 2.41 bits per heavy atom. The SMILES string of the molecule is CCC(CSN(CC)/C(N)=C/C=C(/C)N)NC. The highest BCUT2D eigenvalue weighted by molar-refractivity contribution is 7.97. The van der Waals surface area contributed by atoms with Gasteiger partial charge in [0.25, 0.3) is 0 Å². The molecule has 0 heterocycles. The van der Waals surface area contributed by atoms with E-state index >= 15 is 0 Å². The summed E-state index contributed by atoms with van der Waals surface area (Å²) in [6.45, 7) is 7.00. The van der Waals surface area contributed by atoms with Gasteiger partial charge in [0.05, 0.1) is 0 Å². The molecule has 0 aromatic carbocycles. The third-order valence-corrected chi connectivity index (χ3v) is 3.76. The van der Waals surface area contributed by atoms with E-state index in [1.807, 2.05) is 26.1 Å². The van der Waals surface area contributed by atoms with Crippen molar-refractivity contribution in [1.82, 2.24) is 9.62 Å². The van der Waals surface area contributed by atoms with Crippen molar-refractivity contribution in [3.05, 3.63) is 23.7 Å². The van der Waals surface area contributed by atoms with Gasteiger partial charge in [0.15, 0.2) is 0 Å². The van der Waals surface area contributed by atoms with Crippen LogP contribution in [-0.2, 0) is 0 Å². The zero-order valence-electron chi connectivity index (χ0n) is 11.4. The highest BCUT2D eigenvalue weighted by Gasteiger charge is 2.08. The third kappa shape index (κ3) is 7.18. The lowest BCUT2D eigenvalue weighted by Crippen LogP contribution is -2.30. The molecule has 0 amide bonds. The van der Waals surface area contributed by atoms with E-state index < -0.39 is 0 Å². The summed E-state index contributed by atoms with van der Waals surface area (Å²) in [5.41, 5.74) is 12.3. The topological polar surface area (TPSA) is 67.3 Å². The Morgan fingerprint density at radius 1 is 1.35 bits per heavy atom. The van der Waals surface area contributed by atoms with E-state index in [2.05, 4.69) is 23.5 Å². The summed E-state index contributed by atoms with van der Waals surface area (Å²) in [6.07, 6.45) is 4.80. The molecule has 0 saturated carbocycles. The van der Waals surface area contributed by atoms with Gasteiger partial charge in [0.2, 0.25) is 0 Å². The lowest BCUT2D eigenvalue weighted by atomic mass is 10.3. The summed E-state index contributed by atoms with van der Waals surface area (Å²) in [6, 6.07) is 0.522. The Hall–Kier alpha value is -0.810. The van der Waals surface area contributed by atoms with Gasteiger partial charge in [-0.2, -0.15) is 0 Å². The molecule has 0 radical (unpaired) electrons. The normalized spacial score (nSPS) is 14.8. The largest absolute Gasteiger partial charge is 0.402 e. The second kappa shape index (κ2) is 9.24. The Kier molecular flexibility index (Phi) is 8.80. The fourth-order valence-corrected chi connectivity index (χ4v) is 2.39. The molecule has 17 heavy (non-hydrogen) atoms. The van der Waals surface area contributed by atoms with Gasteiger partial charge in [-0.25, -0.2) is 0 Å². The summed E-state index contributed by atoms with van der Waals surface area (Å²) in [4.78, 5) is 0. The molecule has 1 unspecified atom stereocenters. The molecule has 0 spiro atoms. The van der Waals surface area contributed by atoms with E-state index in [1.54, 1.807) is 11.9 Å². The molecule has 5 N–H and O–H groups in total. The van der Waals surface area contributed by atoms with Crippen molar-refractivity contribution < 1.29 is 0 Å². The molecule has 0 aliphatic carbocycles. The van der Waals surface area contributed by atoms with E-state index in [9.17, 15) is 0 Å². The molecule has 0 aliphatic rings. The maximum atomic E-state index is 5.99. The van der Waals surface area contributed by atoms with Crippen molar-refractivity contribution >= 4 is 11.9 Å². The highest BCUT2D eigenvalue weighted by atomic mass is 32.2. The summed E-state index contributed by atoms with van der Waals surface area (Å²) in [5.74, 6) is 1.76. The van der Waals surface area contributed by atoms with Crippen LogP contribution in [-0.4, -0.2) is 29.7 Å². The van der Waals surface area contributed by atoms with Crippen LogP contribution in [0.1, 0.15) is 27.2 Å². The Balaban J connectivity index is 4.32. The van der Waals surface area contributed by atoms with E-state index in [1.165, 1.54) is 0 Å². The molecule has 0 rings (SSSR count). The first-order valence-corrected chi connectivity index (χ1v) is 6.96. The van der Waals surface area contributed by atoms with Crippen molar-refractivity contribution in [1.29, 1.82) is 0 Å². The highest BCUT2D eigenvalue weighted by Crippen LogP contribution is 2.16. The average Bonchev–Trinajstić information content (AvgIpc) is 2.32. The van der Waals surface area contributed by atoms with Crippen molar-refractivity contribution in [2.45, 2.75) is 33.2 Å². The van der Waals surface area contributed by atoms with Crippen molar-refractivity contribution in [2.24, 2.45) is 11.5 Å². The first-order valence-electron chi connectivity index (χ1n) is 6.02. The van der Waals surface area contributed by atoms with Crippen molar-refractivity contribution in [3.63, 3.8) is 0 Å². The predicted molar refractivity (Wildman–Crippen MR) is 78.2 cm³/mol. The summed E-state index contributed by atoms with van der Waals surface area (Å²) in [5, 5.41) is 3.28. The second-order valence-electron chi connectivity index (χ2n) is 3.89. The van der Waals surface area contributed by atoms with Crippen LogP contribution in [0.25, 0.3) is 0 Å². The van der Waals surface area contributed by atoms with E-state index in [4.69, 9.17) is 11.5 Å². The molecule has 0 aromatic heterocycles. The maximum Gasteiger partial charge on any atom is 0.109 e. The van der Waals surface area contributed by atoms with Crippen molar-refractivity contribution in [3.8, 4) is 0 Å². The smallest absolute Gasteiger partial charge is 0.109 e. The fraction of sp³-hybridized carbons (Fsp3) is 0.667. The van der Waals surface area contributed by atoms with E-state index in [0.29, 0.717) is 6.04 Å². The molecule has 100 valence electrons. The van der Waals surface area contributed by atoms with Gasteiger partial charge < -0.3 is 21.1 Å². The zero-order valence-corrected chi connectivity index (χ0v) is 12.2. The fourth-order valence-electron chi connectivity index (χ4n) is 1.23. The number of nitrogens with two attached hydrogens (primary N) is 2. The minimum absolute atomic E-state index is 0.522. The van der Waals surface area contributed by atoms with Crippen LogP contribution in [0.3, 0.4) is 0 Å². The maximum absolute atomic E-state index is 5.99. The number of rotatable bonds is 8. The van der Waals surface area contributed by atoms with E-state index in [-0.39, 0.29) is 0 Å². The van der Waals surface area contributed by atoms with Crippen molar-refractivity contribution in [2.75, 3.05) is 19.3 Å². The molecular formula is C12H26N4S. The lowest BCUT2D eigenvalue weighted by molar-refractivity contribution is 0.571. The van der Waals surface area contributed by atoms with Crippen LogP contribution in [0.5, 0.6) is 0 Å². The minimum Gasteiger partial charge on any atom is -0.402 e. The minimum atomic E-state index is 0.522. The van der Waals surface area contributed by atoms with Crippen LogP contribution < -0.4 is 16.8 Å². The number of nitrogens with zero attached hydrogens (tertiary/aromatic N) is 1. The quantitative estimate of drug-likeness (QED) is 0.456. The molecule has 0 aliphatic heterocycles. The van der Waals surface area contributed by atoms with Crippen LogP contribution in [0.15, 0.2) is 23.7 Å². The standard InChI is InChI=1S/C12H26N4S/c1-5-11(15-4)9-17-16(6-2)12(14)8-7-10(3)13/h7-8,11,15H,5-6,9,13-14H2,1-4H3/b10-7-,12-8+. The molecule has 0 aromatic rings. The van der Waals surface area contributed by atoms with Gasteiger partial charge in [-0.15, -0.1) is 0 Å². The Morgan fingerprint density at radius 2 is 2.00 bits per heavy atom. The van der Waals surface area contributed by atoms with Gasteiger partial charge in [0.1, 0.15) is 5.82 Å². The van der Waals surface area contributed by atoms with Crippen LogP contribution in [0, 0.1) is 0 Å². The Labute approximate surface area is 110 Å². The Bertz CT molecular complexity index is 255. The zero-order chi connectivity index (χ0) is 13.3. The number of allylic oxidation sites excluding steroid dienone is 3. The van der Waals surface area contributed by atoms with Crippen LogP contribution in [0.2, 0.25) is 0 Å². The van der Waals surface area contributed by atoms with Crippen LogP contribution >= 0.6 is 11.9 Å². The molecule has 1 atom stereocenters. The third-order valence-electron chi connectivity index (χ3n) is 2.42. The molecule has 5 heteroatoms.